The lowest BCUT2D eigenvalue weighted by Gasteiger charge is -2.32. The summed E-state index contributed by atoms with van der Waals surface area (Å²) in [4.78, 5) is 23.1. The number of nitrogens with one attached hydrogen (secondary N) is 1. The predicted molar refractivity (Wildman–Crippen MR) is 113 cm³/mol. The van der Waals surface area contributed by atoms with Crippen LogP contribution in [0.25, 0.3) is 17.2 Å². The van der Waals surface area contributed by atoms with Crippen molar-refractivity contribution in [2.24, 2.45) is 5.92 Å². The third-order valence-corrected chi connectivity index (χ3v) is 5.32. The van der Waals surface area contributed by atoms with Crippen LogP contribution < -0.4 is 10.2 Å². The molecule has 3 aromatic heterocycles. The molecule has 1 aliphatic heterocycles. The third-order valence-electron chi connectivity index (χ3n) is 5.32. The van der Waals surface area contributed by atoms with E-state index in [2.05, 4.69) is 40.6 Å². The Labute approximate surface area is 183 Å². The van der Waals surface area contributed by atoms with Crippen molar-refractivity contribution in [1.29, 1.82) is 0 Å². The molecule has 0 spiro atoms. The van der Waals surface area contributed by atoms with Gasteiger partial charge in [0, 0.05) is 18.7 Å². The van der Waals surface area contributed by atoms with Gasteiger partial charge in [0.15, 0.2) is 11.6 Å². The van der Waals surface area contributed by atoms with Crippen molar-refractivity contribution < 1.29 is 9.32 Å². The number of anilines is 1. The minimum atomic E-state index is -0.156. The van der Waals surface area contributed by atoms with E-state index in [0.717, 1.165) is 30.8 Å². The standard InChI is InChI=1S/C21H21N9O2/c31-21(23-11-19-25-20(28-32-19)15-5-2-1-3-6-15)16-7-4-10-29(12-16)17-8-9-18(27-26-17)30-14-22-13-24-30/h1-3,5-6,8-9,13-14,16H,4,7,10-12H2,(H,23,31). The van der Waals surface area contributed by atoms with Gasteiger partial charge >= 0.3 is 0 Å². The van der Waals surface area contributed by atoms with E-state index in [-0.39, 0.29) is 18.4 Å². The first kappa shape index (κ1) is 19.8. The van der Waals surface area contributed by atoms with Crippen molar-refractivity contribution >= 4 is 11.7 Å². The first-order valence-electron chi connectivity index (χ1n) is 10.4. The Kier molecular flexibility index (Phi) is 5.52. The first-order chi connectivity index (χ1) is 15.8. The Morgan fingerprint density at radius 3 is 2.75 bits per heavy atom. The molecule has 4 heterocycles. The van der Waals surface area contributed by atoms with Gasteiger partial charge in [0.1, 0.15) is 12.7 Å². The van der Waals surface area contributed by atoms with Gasteiger partial charge in [0.25, 0.3) is 0 Å². The van der Waals surface area contributed by atoms with Crippen molar-refractivity contribution in [3.05, 3.63) is 61.0 Å². The maximum absolute atomic E-state index is 12.8. The fourth-order valence-corrected chi connectivity index (χ4v) is 3.67. The summed E-state index contributed by atoms with van der Waals surface area (Å²) in [7, 11) is 0. The van der Waals surface area contributed by atoms with Crippen LogP contribution in [0.5, 0.6) is 0 Å². The number of amides is 1. The van der Waals surface area contributed by atoms with Crippen molar-refractivity contribution in [3.8, 4) is 17.2 Å². The lowest BCUT2D eigenvalue weighted by atomic mass is 9.97. The van der Waals surface area contributed by atoms with Crippen molar-refractivity contribution in [3.63, 3.8) is 0 Å². The fraction of sp³-hybridized carbons (Fsp3) is 0.286. The minimum Gasteiger partial charge on any atom is -0.354 e. The van der Waals surface area contributed by atoms with E-state index < -0.39 is 0 Å². The molecule has 1 unspecified atom stereocenters. The zero-order valence-electron chi connectivity index (χ0n) is 17.2. The summed E-state index contributed by atoms with van der Waals surface area (Å²) in [5, 5.41) is 19.5. The highest BCUT2D eigenvalue weighted by Gasteiger charge is 2.27. The molecule has 1 amide bonds. The Balaban J connectivity index is 1.17. The van der Waals surface area contributed by atoms with E-state index in [4.69, 9.17) is 4.52 Å². The molecule has 11 nitrogen and oxygen atoms in total. The monoisotopic (exact) mass is 431 g/mol. The fourth-order valence-electron chi connectivity index (χ4n) is 3.67. The molecule has 162 valence electrons. The number of hydrogen-bond acceptors (Lipinski definition) is 9. The Morgan fingerprint density at radius 1 is 1.12 bits per heavy atom. The smallest absolute Gasteiger partial charge is 0.246 e. The molecule has 0 radical (unpaired) electrons. The second kappa shape index (κ2) is 8.92. The van der Waals surface area contributed by atoms with Crippen LogP contribution >= 0.6 is 0 Å². The van der Waals surface area contributed by atoms with Gasteiger partial charge in [-0.15, -0.1) is 10.2 Å². The van der Waals surface area contributed by atoms with Crippen LogP contribution in [0.3, 0.4) is 0 Å². The minimum absolute atomic E-state index is 0.0404. The maximum atomic E-state index is 12.8. The predicted octanol–water partition coefficient (Wildman–Crippen LogP) is 1.64. The lowest BCUT2D eigenvalue weighted by molar-refractivity contribution is -0.125. The second-order valence-electron chi connectivity index (χ2n) is 7.47. The molecule has 1 N–H and O–H groups in total. The molecule has 1 saturated heterocycles. The van der Waals surface area contributed by atoms with E-state index in [1.54, 1.807) is 11.0 Å². The lowest BCUT2D eigenvalue weighted by Crippen LogP contribution is -2.43. The number of aromatic nitrogens is 7. The number of nitrogens with zero attached hydrogens (tertiary/aromatic N) is 8. The number of piperidine rings is 1. The zero-order valence-corrected chi connectivity index (χ0v) is 17.2. The van der Waals surface area contributed by atoms with Gasteiger partial charge in [-0.25, -0.2) is 9.67 Å². The Morgan fingerprint density at radius 2 is 1.97 bits per heavy atom. The highest BCUT2D eigenvalue weighted by Crippen LogP contribution is 2.22. The summed E-state index contributed by atoms with van der Waals surface area (Å²) in [5.74, 6) is 2.01. The van der Waals surface area contributed by atoms with Crippen LogP contribution in [0.2, 0.25) is 0 Å². The average molecular weight is 431 g/mol. The van der Waals surface area contributed by atoms with E-state index in [1.165, 1.54) is 6.33 Å². The molecule has 4 aromatic rings. The van der Waals surface area contributed by atoms with Gasteiger partial charge in [-0.3, -0.25) is 4.79 Å². The van der Waals surface area contributed by atoms with Gasteiger partial charge in [-0.1, -0.05) is 35.5 Å². The normalized spacial score (nSPS) is 16.1. The SMILES string of the molecule is O=C(NCc1nc(-c2ccccc2)no1)C1CCCN(c2ccc(-n3cncn3)nn2)C1. The molecule has 0 aliphatic carbocycles. The summed E-state index contributed by atoms with van der Waals surface area (Å²) in [5.41, 5.74) is 0.868. The topological polar surface area (TPSA) is 128 Å². The second-order valence-corrected chi connectivity index (χ2v) is 7.47. The quantitative estimate of drug-likeness (QED) is 0.484. The van der Waals surface area contributed by atoms with Crippen LogP contribution in [-0.2, 0) is 11.3 Å². The number of rotatable bonds is 6. The summed E-state index contributed by atoms with van der Waals surface area (Å²) in [6.07, 6.45) is 4.71. The largest absolute Gasteiger partial charge is 0.354 e. The van der Waals surface area contributed by atoms with E-state index in [0.29, 0.717) is 24.1 Å². The van der Waals surface area contributed by atoms with Crippen LogP contribution in [0.1, 0.15) is 18.7 Å². The molecule has 0 bridgehead atoms. The van der Waals surface area contributed by atoms with Crippen molar-refractivity contribution in [2.75, 3.05) is 18.0 Å². The van der Waals surface area contributed by atoms with Crippen LogP contribution in [0.15, 0.2) is 59.6 Å². The van der Waals surface area contributed by atoms with Crippen molar-refractivity contribution in [2.45, 2.75) is 19.4 Å². The Hall–Kier alpha value is -4.15. The molecule has 11 heteroatoms. The zero-order chi connectivity index (χ0) is 21.8. The van der Waals surface area contributed by atoms with E-state index >= 15 is 0 Å². The number of carbonyl (C=O) groups excluding carboxylic acids is 1. The number of benzene rings is 1. The summed E-state index contributed by atoms with van der Waals surface area (Å²) in [6, 6.07) is 13.3. The summed E-state index contributed by atoms with van der Waals surface area (Å²) < 4.78 is 6.82. The molecule has 1 fully saturated rings. The number of carbonyl (C=O) groups is 1. The maximum Gasteiger partial charge on any atom is 0.246 e. The van der Waals surface area contributed by atoms with E-state index in [9.17, 15) is 4.79 Å². The molecular formula is C21H21N9O2. The van der Waals surface area contributed by atoms with Gasteiger partial charge in [-0.05, 0) is 25.0 Å². The van der Waals surface area contributed by atoms with Gasteiger partial charge in [0.05, 0.1) is 12.5 Å². The molecular weight excluding hydrogens is 410 g/mol. The molecule has 1 atom stereocenters. The highest BCUT2D eigenvalue weighted by molar-refractivity contribution is 5.79. The molecule has 5 rings (SSSR count). The van der Waals surface area contributed by atoms with Crippen LogP contribution in [-0.4, -0.2) is 54.1 Å². The number of hydrogen-bond donors (Lipinski definition) is 1. The van der Waals surface area contributed by atoms with Gasteiger partial charge in [-0.2, -0.15) is 10.1 Å². The van der Waals surface area contributed by atoms with Gasteiger partial charge in [0.2, 0.25) is 17.6 Å². The Bertz CT molecular complexity index is 1160. The third kappa shape index (κ3) is 4.31. The van der Waals surface area contributed by atoms with Gasteiger partial charge < -0.3 is 14.7 Å². The average Bonchev–Trinajstić information content (AvgIpc) is 3.56. The summed E-state index contributed by atoms with van der Waals surface area (Å²) >= 11 is 0. The molecule has 1 aromatic carbocycles. The molecule has 32 heavy (non-hydrogen) atoms. The van der Waals surface area contributed by atoms with Crippen LogP contribution in [0.4, 0.5) is 5.82 Å². The highest BCUT2D eigenvalue weighted by atomic mass is 16.5. The van der Waals surface area contributed by atoms with Crippen LogP contribution in [0, 0.1) is 5.92 Å². The van der Waals surface area contributed by atoms with Crippen molar-refractivity contribution in [1.82, 2.24) is 40.4 Å². The summed E-state index contributed by atoms with van der Waals surface area (Å²) in [6.45, 7) is 1.59. The molecule has 1 aliphatic rings. The van der Waals surface area contributed by atoms with E-state index in [1.807, 2.05) is 42.5 Å². The first-order valence-corrected chi connectivity index (χ1v) is 10.4. The molecule has 0 saturated carbocycles.